The van der Waals surface area contributed by atoms with Gasteiger partial charge in [-0.1, -0.05) is 0 Å². The lowest BCUT2D eigenvalue weighted by Gasteiger charge is -2.28. The number of rotatable bonds is 1. The first kappa shape index (κ1) is 14.8. The van der Waals surface area contributed by atoms with E-state index in [-0.39, 0.29) is 12.4 Å². The summed E-state index contributed by atoms with van der Waals surface area (Å²) < 4.78 is 9.88. The maximum atomic E-state index is 12.0. The summed E-state index contributed by atoms with van der Waals surface area (Å²) in [5, 5.41) is 9.77. The predicted molar refractivity (Wildman–Crippen MR) is 67.0 cm³/mol. The van der Waals surface area contributed by atoms with Gasteiger partial charge in [-0.15, -0.1) is 0 Å². The van der Waals surface area contributed by atoms with E-state index < -0.39 is 29.8 Å². The lowest BCUT2D eigenvalue weighted by atomic mass is 9.79. The molecule has 1 fully saturated rings. The van der Waals surface area contributed by atoms with Crippen LogP contribution in [0.5, 0.6) is 0 Å². The number of hydrogen-bond donors (Lipinski definition) is 1. The van der Waals surface area contributed by atoms with Crippen molar-refractivity contribution in [3.63, 3.8) is 0 Å². The Morgan fingerprint density at radius 1 is 1.39 bits per heavy atom. The summed E-state index contributed by atoms with van der Waals surface area (Å²) >= 11 is 0. The van der Waals surface area contributed by atoms with E-state index in [2.05, 4.69) is 4.74 Å². The van der Waals surface area contributed by atoms with Gasteiger partial charge in [-0.3, -0.25) is 4.90 Å². The van der Waals surface area contributed by atoms with Crippen LogP contribution in [0.15, 0.2) is 0 Å². The molecule has 0 aliphatic carbocycles. The molecule has 1 rings (SSSR count). The predicted octanol–water partition coefficient (Wildman–Crippen LogP) is -0.439. The van der Waals surface area contributed by atoms with Crippen molar-refractivity contribution < 1.29 is 24.2 Å². The molecule has 0 bridgehead atoms. The first-order valence-electron chi connectivity index (χ1n) is 5.93. The van der Waals surface area contributed by atoms with Crippen LogP contribution in [-0.2, 0) is 14.3 Å². The second-order valence-corrected chi connectivity index (χ2v) is 5.53. The Morgan fingerprint density at radius 2 is 1.94 bits per heavy atom. The molecule has 7 heteroatoms. The fraction of sp³-hybridized carbons (Fsp3) is 0.818. The van der Waals surface area contributed by atoms with E-state index in [0.717, 1.165) is 0 Å². The van der Waals surface area contributed by atoms with Gasteiger partial charge in [0.2, 0.25) is 0 Å². The smallest absolute Gasteiger partial charge is 0.411 e. The number of esters is 1. The van der Waals surface area contributed by atoms with Crippen LogP contribution >= 0.6 is 0 Å². The van der Waals surface area contributed by atoms with Crippen LogP contribution in [0.4, 0.5) is 4.79 Å². The molecule has 1 heterocycles. The molecule has 0 aromatic heterocycles. The summed E-state index contributed by atoms with van der Waals surface area (Å²) in [4.78, 5) is 24.9. The van der Waals surface area contributed by atoms with Crippen LogP contribution < -0.4 is 0 Å². The maximum absolute atomic E-state index is 12.0. The van der Waals surface area contributed by atoms with E-state index in [1.807, 2.05) is 0 Å². The number of aliphatic hydroxyl groups excluding tert-OH is 1. The number of methoxy groups -OCH3 is 1. The van der Waals surface area contributed by atoms with Gasteiger partial charge in [0.25, 0.3) is 0 Å². The minimum absolute atomic E-state index is 0.0792. The third-order valence-corrected chi connectivity index (χ3v) is 2.90. The molecule has 1 unspecified atom stereocenters. The van der Waals surface area contributed by atoms with Crippen LogP contribution in [0, 0.1) is 0 Å². The molecule has 18 heavy (non-hydrogen) atoms. The molecule has 1 aliphatic heterocycles. The number of nitrogens with zero attached hydrogens (tertiary/aromatic N) is 1. The van der Waals surface area contributed by atoms with Gasteiger partial charge >= 0.3 is 12.1 Å². The average molecular weight is 257 g/mol. The van der Waals surface area contributed by atoms with Crippen molar-refractivity contribution >= 4 is 19.9 Å². The fourth-order valence-corrected chi connectivity index (χ4v) is 1.95. The Morgan fingerprint density at radius 3 is 2.39 bits per heavy atom. The molecule has 0 spiro atoms. The van der Waals surface area contributed by atoms with Crippen molar-refractivity contribution in [2.45, 2.75) is 44.3 Å². The highest BCUT2D eigenvalue weighted by Gasteiger charge is 2.46. The third kappa shape index (κ3) is 3.16. The van der Waals surface area contributed by atoms with Crippen molar-refractivity contribution in [3.8, 4) is 0 Å². The quantitative estimate of drug-likeness (QED) is 0.509. The normalized spacial score (nSPS) is 28.1. The number of hydrogen-bond acceptors (Lipinski definition) is 5. The third-order valence-electron chi connectivity index (χ3n) is 2.90. The zero-order chi connectivity index (χ0) is 14.1. The van der Waals surface area contributed by atoms with E-state index in [1.165, 1.54) is 12.0 Å². The summed E-state index contributed by atoms with van der Waals surface area (Å²) in [6, 6.07) is -0.792. The van der Waals surface area contributed by atoms with Gasteiger partial charge in [-0.05, 0) is 26.6 Å². The molecular formula is C11H20BNO5. The number of carbonyl (C=O) groups is 2. The Bertz CT molecular complexity index is 341. The first-order valence-corrected chi connectivity index (χ1v) is 5.93. The highest BCUT2D eigenvalue weighted by molar-refractivity contribution is 6.15. The molecule has 0 saturated carbocycles. The highest BCUT2D eigenvalue weighted by Crippen LogP contribution is 2.29. The van der Waals surface area contributed by atoms with Crippen molar-refractivity contribution in [2.75, 3.05) is 13.7 Å². The topological polar surface area (TPSA) is 76.1 Å². The van der Waals surface area contributed by atoms with Crippen LogP contribution in [0.3, 0.4) is 0 Å². The van der Waals surface area contributed by atoms with Crippen molar-refractivity contribution in [1.29, 1.82) is 0 Å². The molecule has 1 saturated heterocycles. The minimum atomic E-state index is -0.792. The lowest BCUT2D eigenvalue weighted by Crippen LogP contribution is -2.45. The first-order chi connectivity index (χ1) is 8.17. The van der Waals surface area contributed by atoms with E-state index in [9.17, 15) is 14.7 Å². The van der Waals surface area contributed by atoms with Crippen LogP contribution in [-0.4, -0.2) is 61.3 Å². The molecule has 0 aromatic carbocycles. The second kappa shape index (κ2) is 5.18. The van der Waals surface area contributed by atoms with Gasteiger partial charge in [-0.25, -0.2) is 9.59 Å². The second-order valence-electron chi connectivity index (χ2n) is 5.53. The highest BCUT2D eigenvalue weighted by atomic mass is 16.6. The summed E-state index contributed by atoms with van der Waals surface area (Å²) in [6.45, 7) is 5.31. The minimum Gasteiger partial charge on any atom is -0.467 e. The maximum Gasteiger partial charge on any atom is 0.411 e. The summed E-state index contributed by atoms with van der Waals surface area (Å²) in [5.41, 5.74) is -0.644. The van der Waals surface area contributed by atoms with Gasteiger partial charge in [0.1, 0.15) is 19.5 Å². The van der Waals surface area contributed by atoms with Gasteiger partial charge in [0.15, 0.2) is 0 Å². The Hall–Kier alpha value is -1.24. The number of likely N-dealkylation sites (tertiary alicyclic amines) is 1. The largest absolute Gasteiger partial charge is 0.467 e. The fourth-order valence-electron chi connectivity index (χ4n) is 1.95. The molecule has 3 atom stereocenters. The standard InChI is InChI=1S/C11H20BNO5/c1-11(2,3)18-10(16)13-5-6(14)7(12)8(13)9(15)17-4/h6-8,14H,5,12H2,1-4H3/t6-,7+,8?/m1/s1. The number of β-amino-alcohol motifs (C(OH)–C–C–N with tert-alkyl or cyclic N) is 1. The molecule has 1 N–H and O–H groups in total. The number of ether oxygens (including phenoxy) is 2. The zero-order valence-electron chi connectivity index (χ0n) is 11.5. The SMILES string of the molecule is B[C@@H]1C(C(=O)OC)N(C(=O)OC(C)(C)C)C[C@H]1O. The molecule has 102 valence electrons. The van der Waals surface area contributed by atoms with Crippen LogP contribution in [0.25, 0.3) is 0 Å². The lowest BCUT2D eigenvalue weighted by molar-refractivity contribution is -0.145. The number of amides is 1. The molecule has 6 nitrogen and oxygen atoms in total. The summed E-state index contributed by atoms with van der Waals surface area (Å²) in [6.07, 6.45) is -1.36. The zero-order valence-corrected chi connectivity index (χ0v) is 11.5. The molecule has 0 aromatic rings. The van der Waals surface area contributed by atoms with Crippen molar-refractivity contribution in [2.24, 2.45) is 0 Å². The monoisotopic (exact) mass is 257 g/mol. The van der Waals surface area contributed by atoms with Crippen molar-refractivity contribution in [1.82, 2.24) is 4.90 Å². The van der Waals surface area contributed by atoms with Gasteiger partial charge < -0.3 is 14.6 Å². The van der Waals surface area contributed by atoms with Crippen LogP contribution in [0.1, 0.15) is 20.8 Å². The molecule has 0 radical (unpaired) electrons. The number of aliphatic hydroxyl groups is 1. The Kier molecular flexibility index (Phi) is 4.26. The average Bonchev–Trinajstić information content (AvgIpc) is 2.52. The van der Waals surface area contributed by atoms with Crippen LogP contribution in [0.2, 0.25) is 5.82 Å². The Balaban J connectivity index is 2.86. The van der Waals surface area contributed by atoms with Gasteiger partial charge in [0, 0.05) is 0 Å². The van der Waals surface area contributed by atoms with Gasteiger partial charge in [-0.2, -0.15) is 0 Å². The number of carbonyl (C=O) groups excluding carboxylic acids is 2. The van der Waals surface area contributed by atoms with E-state index >= 15 is 0 Å². The Labute approximate surface area is 108 Å². The summed E-state index contributed by atoms with van der Waals surface area (Å²) in [5.74, 6) is -0.908. The van der Waals surface area contributed by atoms with Crippen molar-refractivity contribution in [3.05, 3.63) is 0 Å². The van der Waals surface area contributed by atoms with Gasteiger partial charge in [0.05, 0.1) is 19.8 Å². The van der Waals surface area contributed by atoms with E-state index in [1.54, 1.807) is 28.6 Å². The molecular weight excluding hydrogens is 237 g/mol. The molecule has 1 aliphatic rings. The summed E-state index contributed by atoms with van der Waals surface area (Å²) in [7, 11) is 2.96. The van der Waals surface area contributed by atoms with E-state index in [4.69, 9.17) is 4.74 Å². The molecule has 1 amide bonds. The van der Waals surface area contributed by atoms with E-state index in [0.29, 0.717) is 0 Å².